The molecule has 27 heavy (non-hydrogen) atoms. The number of carbonyl (C=O) groups is 2. The van der Waals surface area contributed by atoms with E-state index in [1.54, 1.807) is 19.2 Å². The van der Waals surface area contributed by atoms with Crippen LogP contribution < -0.4 is 9.47 Å². The number of amides is 2. The SMILES string of the molecule is COc1ccccc1OCC(=O)N(CCC(=O)N1CCC(C)CC1)C1CC1. The molecule has 1 saturated heterocycles. The summed E-state index contributed by atoms with van der Waals surface area (Å²) in [6, 6.07) is 7.55. The fourth-order valence-corrected chi connectivity index (χ4v) is 3.49. The van der Waals surface area contributed by atoms with Crippen molar-refractivity contribution in [1.82, 2.24) is 9.80 Å². The highest BCUT2D eigenvalue weighted by Crippen LogP contribution is 2.29. The standard InChI is InChI=1S/C21H30N2O4/c1-16-9-12-22(13-10-16)20(24)11-14-23(17-7-8-17)21(25)15-27-19-6-4-3-5-18(19)26-2/h3-6,16-17H,7-15H2,1-2H3. The molecular formula is C21H30N2O4. The zero-order valence-electron chi connectivity index (χ0n) is 16.4. The van der Waals surface area contributed by atoms with Crippen molar-refractivity contribution < 1.29 is 19.1 Å². The number of para-hydroxylation sites is 2. The van der Waals surface area contributed by atoms with E-state index in [1.807, 2.05) is 21.9 Å². The van der Waals surface area contributed by atoms with Gasteiger partial charge in [0, 0.05) is 32.1 Å². The first-order chi connectivity index (χ1) is 13.1. The van der Waals surface area contributed by atoms with Crippen LogP contribution in [0.15, 0.2) is 24.3 Å². The molecule has 1 aliphatic carbocycles. The molecule has 0 radical (unpaired) electrons. The van der Waals surface area contributed by atoms with Crippen LogP contribution in [0.5, 0.6) is 11.5 Å². The smallest absolute Gasteiger partial charge is 0.260 e. The molecule has 1 aliphatic heterocycles. The van der Waals surface area contributed by atoms with Gasteiger partial charge in [0.15, 0.2) is 18.1 Å². The maximum atomic E-state index is 12.7. The van der Waals surface area contributed by atoms with Crippen LogP contribution in [0.1, 0.15) is 39.0 Å². The summed E-state index contributed by atoms with van der Waals surface area (Å²) in [6.45, 7) is 4.36. The van der Waals surface area contributed by atoms with E-state index in [-0.39, 0.29) is 24.5 Å². The lowest BCUT2D eigenvalue weighted by Crippen LogP contribution is -2.42. The number of rotatable bonds is 8. The van der Waals surface area contributed by atoms with Crippen molar-refractivity contribution in [2.75, 3.05) is 33.4 Å². The lowest BCUT2D eigenvalue weighted by Gasteiger charge is -2.31. The summed E-state index contributed by atoms with van der Waals surface area (Å²) in [5.41, 5.74) is 0. The molecule has 0 unspecified atom stereocenters. The average Bonchev–Trinajstić information content (AvgIpc) is 3.52. The molecular weight excluding hydrogens is 344 g/mol. The Bertz CT molecular complexity index is 651. The Hall–Kier alpha value is -2.24. The number of ether oxygens (including phenoxy) is 2. The van der Waals surface area contributed by atoms with E-state index in [2.05, 4.69) is 6.92 Å². The van der Waals surface area contributed by atoms with Crippen molar-refractivity contribution in [2.45, 2.75) is 45.1 Å². The average molecular weight is 374 g/mol. The molecule has 148 valence electrons. The third kappa shape index (κ3) is 5.37. The predicted octanol–water partition coefficient (Wildman–Crippen LogP) is 2.71. The van der Waals surface area contributed by atoms with Gasteiger partial charge in [0.05, 0.1) is 7.11 Å². The van der Waals surface area contributed by atoms with Gasteiger partial charge in [0.2, 0.25) is 5.91 Å². The summed E-state index contributed by atoms with van der Waals surface area (Å²) in [7, 11) is 1.58. The van der Waals surface area contributed by atoms with Gasteiger partial charge in [-0.05, 0) is 43.7 Å². The highest BCUT2D eigenvalue weighted by atomic mass is 16.5. The second-order valence-electron chi connectivity index (χ2n) is 7.57. The van der Waals surface area contributed by atoms with Gasteiger partial charge in [-0.3, -0.25) is 9.59 Å². The fourth-order valence-electron chi connectivity index (χ4n) is 3.49. The summed E-state index contributed by atoms with van der Waals surface area (Å²) < 4.78 is 10.9. The van der Waals surface area contributed by atoms with Gasteiger partial charge in [0.1, 0.15) is 0 Å². The molecule has 1 heterocycles. The first kappa shape index (κ1) is 19.5. The Morgan fingerprint density at radius 1 is 1.11 bits per heavy atom. The summed E-state index contributed by atoms with van der Waals surface area (Å²) in [4.78, 5) is 28.9. The molecule has 2 fully saturated rings. The molecule has 6 heteroatoms. The van der Waals surface area contributed by atoms with E-state index in [1.165, 1.54) is 0 Å². The van der Waals surface area contributed by atoms with Crippen LogP contribution in [0, 0.1) is 5.92 Å². The van der Waals surface area contributed by atoms with Crippen molar-refractivity contribution in [3.63, 3.8) is 0 Å². The number of nitrogens with zero attached hydrogens (tertiary/aromatic N) is 2. The summed E-state index contributed by atoms with van der Waals surface area (Å²) in [5.74, 6) is 1.96. The van der Waals surface area contributed by atoms with Gasteiger partial charge in [-0.2, -0.15) is 0 Å². The first-order valence-corrected chi connectivity index (χ1v) is 9.91. The summed E-state index contributed by atoms with van der Waals surface area (Å²) in [6.07, 6.45) is 4.56. The number of piperidine rings is 1. The molecule has 0 aromatic heterocycles. The second-order valence-corrected chi connectivity index (χ2v) is 7.57. The molecule has 0 spiro atoms. The van der Waals surface area contributed by atoms with Crippen molar-refractivity contribution in [3.05, 3.63) is 24.3 Å². The zero-order valence-corrected chi connectivity index (χ0v) is 16.4. The molecule has 1 aromatic rings. The Balaban J connectivity index is 1.49. The van der Waals surface area contributed by atoms with Crippen molar-refractivity contribution in [2.24, 2.45) is 5.92 Å². The number of methoxy groups -OCH3 is 1. The molecule has 2 amide bonds. The quantitative estimate of drug-likeness (QED) is 0.702. The second kappa shape index (κ2) is 9.11. The largest absolute Gasteiger partial charge is 0.493 e. The van der Waals surface area contributed by atoms with E-state index in [0.717, 1.165) is 38.8 Å². The first-order valence-electron chi connectivity index (χ1n) is 9.91. The minimum atomic E-state index is -0.0662. The topological polar surface area (TPSA) is 59.1 Å². The number of hydrogen-bond acceptors (Lipinski definition) is 4. The van der Waals surface area contributed by atoms with Gasteiger partial charge >= 0.3 is 0 Å². The van der Waals surface area contributed by atoms with Crippen LogP contribution in [-0.2, 0) is 9.59 Å². The molecule has 3 rings (SSSR count). The molecule has 2 aliphatic rings. The summed E-state index contributed by atoms with van der Waals surface area (Å²) >= 11 is 0. The van der Waals surface area contributed by atoms with Crippen molar-refractivity contribution >= 4 is 11.8 Å². The third-order valence-corrected chi connectivity index (χ3v) is 5.43. The number of hydrogen-bond donors (Lipinski definition) is 0. The lowest BCUT2D eigenvalue weighted by molar-refractivity contribution is -0.136. The minimum Gasteiger partial charge on any atom is -0.493 e. The molecule has 6 nitrogen and oxygen atoms in total. The van der Waals surface area contributed by atoms with E-state index in [4.69, 9.17) is 9.47 Å². The van der Waals surface area contributed by atoms with E-state index in [9.17, 15) is 9.59 Å². The van der Waals surface area contributed by atoms with E-state index >= 15 is 0 Å². The Morgan fingerprint density at radius 3 is 2.41 bits per heavy atom. The summed E-state index contributed by atoms with van der Waals surface area (Å²) in [5, 5.41) is 0. The van der Waals surface area contributed by atoms with Crippen molar-refractivity contribution in [3.8, 4) is 11.5 Å². The van der Waals surface area contributed by atoms with Crippen LogP contribution in [-0.4, -0.2) is 61.0 Å². The predicted molar refractivity (Wildman–Crippen MR) is 103 cm³/mol. The van der Waals surface area contributed by atoms with Gasteiger partial charge < -0.3 is 19.3 Å². The number of likely N-dealkylation sites (tertiary alicyclic amines) is 1. The van der Waals surface area contributed by atoms with Crippen LogP contribution in [0.4, 0.5) is 0 Å². The monoisotopic (exact) mass is 374 g/mol. The maximum absolute atomic E-state index is 12.7. The number of carbonyl (C=O) groups excluding carboxylic acids is 2. The molecule has 1 saturated carbocycles. The van der Waals surface area contributed by atoms with Gasteiger partial charge in [0.25, 0.3) is 5.91 Å². The van der Waals surface area contributed by atoms with Crippen molar-refractivity contribution in [1.29, 1.82) is 0 Å². The Morgan fingerprint density at radius 2 is 1.78 bits per heavy atom. The highest BCUT2D eigenvalue weighted by molar-refractivity contribution is 5.80. The fraction of sp³-hybridized carbons (Fsp3) is 0.619. The zero-order chi connectivity index (χ0) is 19.2. The highest BCUT2D eigenvalue weighted by Gasteiger charge is 2.33. The minimum absolute atomic E-state index is 0.0354. The Kier molecular flexibility index (Phi) is 6.58. The molecule has 1 aromatic carbocycles. The van der Waals surface area contributed by atoms with E-state index in [0.29, 0.717) is 30.4 Å². The Labute approximate surface area is 161 Å². The van der Waals surface area contributed by atoms with Crippen LogP contribution in [0.3, 0.4) is 0 Å². The molecule has 0 N–H and O–H groups in total. The maximum Gasteiger partial charge on any atom is 0.260 e. The van der Waals surface area contributed by atoms with Gasteiger partial charge in [-0.15, -0.1) is 0 Å². The van der Waals surface area contributed by atoms with Crippen LogP contribution >= 0.6 is 0 Å². The van der Waals surface area contributed by atoms with Gasteiger partial charge in [-0.25, -0.2) is 0 Å². The molecule has 0 atom stereocenters. The third-order valence-electron chi connectivity index (χ3n) is 5.43. The van der Waals surface area contributed by atoms with Crippen LogP contribution in [0.25, 0.3) is 0 Å². The normalized spacial score (nSPS) is 17.5. The van der Waals surface area contributed by atoms with Crippen LogP contribution in [0.2, 0.25) is 0 Å². The number of benzene rings is 1. The van der Waals surface area contributed by atoms with E-state index < -0.39 is 0 Å². The van der Waals surface area contributed by atoms with Gasteiger partial charge in [-0.1, -0.05) is 19.1 Å². The molecule has 0 bridgehead atoms. The lowest BCUT2D eigenvalue weighted by atomic mass is 9.99.